The Bertz CT molecular complexity index is 364. The van der Waals surface area contributed by atoms with Gasteiger partial charge in [-0.25, -0.2) is 4.39 Å². The number of hydrogen-bond donors (Lipinski definition) is 1. The van der Waals surface area contributed by atoms with Crippen LogP contribution in [0.25, 0.3) is 0 Å². The molecule has 1 atom stereocenters. The first-order chi connectivity index (χ1) is 7.29. The number of halogens is 5. The Morgan fingerprint density at radius 2 is 2.00 bits per heavy atom. The van der Waals surface area contributed by atoms with E-state index in [1.54, 1.807) is 0 Å². The van der Waals surface area contributed by atoms with Crippen LogP contribution in [0.15, 0.2) is 18.2 Å². The third kappa shape index (κ3) is 3.98. The van der Waals surface area contributed by atoms with Gasteiger partial charge in [0.25, 0.3) is 0 Å². The second kappa shape index (κ2) is 5.01. The molecular weight excluding hydrogens is 246 g/mol. The van der Waals surface area contributed by atoms with Crippen molar-refractivity contribution in [1.82, 2.24) is 5.32 Å². The van der Waals surface area contributed by atoms with Crippen LogP contribution in [0.5, 0.6) is 0 Å². The molecule has 0 aliphatic carbocycles. The van der Waals surface area contributed by atoms with Gasteiger partial charge < -0.3 is 5.32 Å². The van der Waals surface area contributed by atoms with Crippen LogP contribution in [0.1, 0.15) is 18.5 Å². The van der Waals surface area contributed by atoms with Gasteiger partial charge in [-0.05, 0) is 24.6 Å². The molecular formula is C10H10ClF4N. The molecule has 1 N–H and O–H groups in total. The highest BCUT2D eigenvalue weighted by atomic mass is 35.5. The summed E-state index contributed by atoms with van der Waals surface area (Å²) in [6.45, 7) is 0.423. The third-order valence-electron chi connectivity index (χ3n) is 2.04. The molecule has 6 heteroatoms. The van der Waals surface area contributed by atoms with Gasteiger partial charge in [0, 0.05) is 11.1 Å². The lowest BCUT2D eigenvalue weighted by atomic mass is 10.1. The fourth-order valence-electron chi connectivity index (χ4n) is 1.23. The zero-order valence-electron chi connectivity index (χ0n) is 8.41. The summed E-state index contributed by atoms with van der Waals surface area (Å²) in [7, 11) is 0. The van der Waals surface area contributed by atoms with E-state index in [4.69, 9.17) is 11.6 Å². The molecule has 0 saturated heterocycles. The highest BCUT2D eigenvalue weighted by Gasteiger charge is 2.27. The zero-order valence-corrected chi connectivity index (χ0v) is 9.16. The third-order valence-corrected chi connectivity index (χ3v) is 2.37. The maximum absolute atomic E-state index is 12.7. The Labute approximate surface area is 95.4 Å². The molecule has 1 unspecified atom stereocenters. The average Bonchev–Trinajstić information content (AvgIpc) is 2.13. The van der Waals surface area contributed by atoms with E-state index in [-0.39, 0.29) is 5.02 Å². The van der Waals surface area contributed by atoms with Gasteiger partial charge in [-0.2, -0.15) is 13.2 Å². The summed E-state index contributed by atoms with van der Waals surface area (Å²) in [4.78, 5) is 0. The maximum Gasteiger partial charge on any atom is 0.401 e. The topological polar surface area (TPSA) is 12.0 Å². The van der Waals surface area contributed by atoms with Crippen molar-refractivity contribution in [2.45, 2.75) is 19.1 Å². The van der Waals surface area contributed by atoms with Crippen molar-refractivity contribution in [2.24, 2.45) is 0 Å². The molecule has 0 fully saturated rings. The van der Waals surface area contributed by atoms with Gasteiger partial charge in [-0.15, -0.1) is 0 Å². The van der Waals surface area contributed by atoms with E-state index < -0.39 is 24.6 Å². The van der Waals surface area contributed by atoms with Gasteiger partial charge in [-0.3, -0.25) is 0 Å². The minimum atomic E-state index is -4.28. The van der Waals surface area contributed by atoms with Crippen molar-refractivity contribution in [1.29, 1.82) is 0 Å². The fraction of sp³-hybridized carbons (Fsp3) is 0.400. The molecule has 1 nitrogen and oxygen atoms in total. The second-order valence-electron chi connectivity index (χ2n) is 3.38. The molecule has 0 radical (unpaired) electrons. The van der Waals surface area contributed by atoms with Gasteiger partial charge >= 0.3 is 6.18 Å². The van der Waals surface area contributed by atoms with Gasteiger partial charge in [0.2, 0.25) is 0 Å². The zero-order chi connectivity index (χ0) is 12.3. The normalized spacial score (nSPS) is 13.9. The van der Waals surface area contributed by atoms with Crippen LogP contribution in [0.4, 0.5) is 17.6 Å². The van der Waals surface area contributed by atoms with Crippen molar-refractivity contribution in [3.63, 3.8) is 0 Å². The molecule has 0 bridgehead atoms. The van der Waals surface area contributed by atoms with E-state index in [9.17, 15) is 17.6 Å². The van der Waals surface area contributed by atoms with Gasteiger partial charge in [-0.1, -0.05) is 17.7 Å². The molecule has 1 rings (SSSR count). The summed E-state index contributed by atoms with van der Waals surface area (Å²) in [5.74, 6) is -0.517. The SMILES string of the molecule is CC(NCC(F)(F)F)c1ccc(F)cc1Cl. The van der Waals surface area contributed by atoms with Crippen LogP contribution in [0, 0.1) is 5.82 Å². The van der Waals surface area contributed by atoms with Crippen LogP contribution in [0.2, 0.25) is 5.02 Å². The summed E-state index contributed by atoms with van der Waals surface area (Å²) in [5, 5.41) is 2.38. The van der Waals surface area contributed by atoms with Gasteiger partial charge in [0.05, 0.1) is 6.54 Å². The van der Waals surface area contributed by atoms with Crippen molar-refractivity contribution >= 4 is 11.6 Å². The van der Waals surface area contributed by atoms with Crippen LogP contribution >= 0.6 is 11.6 Å². The average molecular weight is 256 g/mol. The highest BCUT2D eigenvalue weighted by Crippen LogP contribution is 2.24. The minimum absolute atomic E-state index is 0.113. The Balaban J connectivity index is 2.70. The minimum Gasteiger partial charge on any atom is -0.302 e. The molecule has 0 aliphatic heterocycles. The molecule has 1 aromatic carbocycles. The molecule has 0 amide bonds. The van der Waals surface area contributed by atoms with Gasteiger partial charge in [0.15, 0.2) is 0 Å². The molecule has 16 heavy (non-hydrogen) atoms. The van der Waals surface area contributed by atoms with E-state index in [0.717, 1.165) is 12.1 Å². The summed E-state index contributed by atoms with van der Waals surface area (Å²) in [6, 6.07) is 3.01. The predicted octanol–water partition coefficient (Wildman–Crippen LogP) is 3.69. The Morgan fingerprint density at radius 1 is 1.38 bits per heavy atom. The smallest absolute Gasteiger partial charge is 0.302 e. The Hall–Kier alpha value is -0.810. The van der Waals surface area contributed by atoms with Crippen molar-refractivity contribution in [3.8, 4) is 0 Å². The van der Waals surface area contributed by atoms with E-state index in [0.29, 0.717) is 5.56 Å². The number of rotatable bonds is 3. The second-order valence-corrected chi connectivity index (χ2v) is 3.79. The number of alkyl halides is 3. The number of hydrogen-bond acceptors (Lipinski definition) is 1. The Kier molecular flexibility index (Phi) is 4.15. The van der Waals surface area contributed by atoms with Crippen LogP contribution in [-0.4, -0.2) is 12.7 Å². The first-order valence-corrected chi connectivity index (χ1v) is 4.92. The molecule has 0 aromatic heterocycles. The van der Waals surface area contributed by atoms with Crippen LogP contribution < -0.4 is 5.32 Å². The van der Waals surface area contributed by atoms with E-state index in [1.165, 1.54) is 13.0 Å². The van der Waals surface area contributed by atoms with E-state index >= 15 is 0 Å². The van der Waals surface area contributed by atoms with E-state index in [1.807, 2.05) is 0 Å². The molecule has 0 heterocycles. The van der Waals surface area contributed by atoms with Crippen molar-refractivity contribution < 1.29 is 17.6 Å². The van der Waals surface area contributed by atoms with Crippen molar-refractivity contribution in [3.05, 3.63) is 34.6 Å². The summed E-state index contributed by atoms with van der Waals surface area (Å²) >= 11 is 5.71. The lowest BCUT2D eigenvalue weighted by molar-refractivity contribution is -0.126. The van der Waals surface area contributed by atoms with Crippen LogP contribution in [-0.2, 0) is 0 Å². The molecule has 0 saturated carbocycles. The highest BCUT2D eigenvalue weighted by molar-refractivity contribution is 6.31. The predicted molar refractivity (Wildman–Crippen MR) is 53.9 cm³/mol. The molecule has 0 spiro atoms. The summed E-state index contributed by atoms with van der Waals surface area (Å²) < 4.78 is 48.5. The monoisotopic (exact) mass is 255 g/mol. The van der Waals surface area contributed by atoms with Gasteiger partial charge in [0.1, 0.15) is 5.82 Å². The lowest BCUT2D eigenvalue weighted by Crippen LogP contribution is -2.30. The molecule has 1 aromatic rings. The Morgan fingerprint density at radius 3 is 2.50 bits per heavy atom. The van der Waals surface area contributed by atoms with Crippen LogP contribution in [0.3, 0.4) is 0 Å². The number of nitrogens with one attached hydrogen (secondary N) is 1. The first-order valence-electron chi connectivity index (χ1n) is 4.54. The lowest BCUT2D eigenvalue weighted by Gasteiger charge is -2.16. The van der Waals surface area contributed by atoms with E-state index in [2.05, 4.69) is 5.32 Å². The summed E-state index contributed by atoms with van der Waals surface area (Å²) in [6.07, 6.45) is -4.28. The van der Waals surface area contributed by atoms with Crippen molar-refractivity contribution in [2.75, 3.05) is 6.54 Å². The maximum atomic E-state index is 12.7. The molecule has 90 valence electrons. The summed E-state index contributed by atoms with van der Waals surface area (Å²) in [5.41, 5.74) is 0.437. The number of benzene rings is 1. The largest absolute Gasteiger partial charge is 0.401 e. The standard InChI is InChI=1S/C10H10ClF4N/c1-6(16-5-10(13,14)15)8-3-2-7(12)4-9(8)11/h2-4,6,16H,5H2,1H3. The quantitative estimate of drug-likeness (QED) is 0.812. The first kappa shape index (κ1) is 13.3. The fourth-order valence-corrected chi connectivity index (χ4v) is 1.56. The molecule has 0 aliphatic rings.